The number of aliphatic carboxylic acids is 1. The first-order valence-electron chi connectivity index (χ1n) is 12.8. The highest BCUT2D eigenvalue weighted by Crippen LogP contribution is 2.19. The normalized spacial score (nSPS) is 13.9. The third-order valence-corrected chi connectivity index (χ3v) is 6.41. The number of amides is 4. The minimum absolute atomic E-state index is 0.0569. The number of aromatic nitrogens is 1. The summed E-state index contributed by atoms with van der Waals surface area (Å²) in [5.74, 6) is -4.01. The van der Waals surface area contributed by atoms with Crippen LogP contribution in [0.4, 0.5) is 0 Å². The number of carboxylic acid groups (broad SMARTS) is 1. The maximum Gasteiger partial charge on any atom is 0.325 e. The summed E-state index contributed by atoms with van der Waals surface area (Å²) in [6.45, 7) is 1.30. The molecular weight excluding hydrogens is 516 g/mol. The second-order valence-electron chi connectivity index (χ2n) is 9.56. The number of benzene rings is 2. The number of aromatic amines is 1. The molecule has 40 heavy (non-hydrogen) atoms. The number of nitrogens with two attached hydrogens (primary N) is 2. The predicted octanol–water partition coefficient (Wildman–Crippen LogP) is 0.105. The Kier molecular flexibility index (Phi) is 10.4. The summed E-state index contributed by atoms with van der Waals surface area (Å²) in [6, 6.07) is 11.8. The van der Waals surface area contributed by atoms with E-state index in [2.05, 4.69) is 20.9 Å². The average molecular weight is 551 g/mol. The molecule has 12 heteroatoms. The molecule has 212 valence electrons. The quantitative estimate of drug-likeness (QED) is 0.147. The van der Waals surface area contributed by atoms with Gasteiger partial charge in [0.05, 0.1) is 6.04 Å². The molecule has 0 aliphatic rings. The molecule has 3 aromatic rings. The molecule has 4 amide bonds. The summed E-state index contributed by atoms with van der Waals surface area (Å²) in [7, 11) is 0. The molecule has 1 heterocycles. The van der Waals surface area contributed by atoms with Gasteiger partial charge in [-0.05, 0) is 37.0 Å². The largest absolute Gasteiger partial charge is 0.480 e. The number of H-pyrrole nitrogens is 1. The molecule has 2 aromatic carbocycles. The van der Waals surface area contributed by atoms with E-state index in [9.17, 15) is 29.1 Å². The number of rotatable bonds is 14. The highest BCUT2D eigenvalue weighted by molar-refractivity contribution is 5.94. The standard InChI is InChI=1S/C28H34N6O6/c1-16(28(39)40)32-27(38)23(13-17-7-3-2-4-8-17)34-26(37)22(11-12-24(30)35)33-25(36)20(29)14-18-15-31-21-10-6-5-9-19(18)21/h2-10,15-16,20,22-23,31H,11-14,29H2,1H3,(H2,30,35)(H,32,38)(H,33,36)(H,34,37)(H,39,40). The smallest absolute Gasteiger partial charge is 0.325 e. The fourth-order valence-corrected chi connectivity index (χ4v) is 4.17. The first kappa shape index (κ1) is 29.8. The van der Waals surface area contributed by atoms with Crippen LogP contribution in [0.1, 0.15) is 30.9 Å². The number of hydrogen-bond acceptors (Lipinski definition) is 6. The SMILES string of the molecule is CC(NC(=O)C(Cc1ccccc1)NC(=O)C(CCC(N)=O)NC(=O)C(N)Cc1c[nH]c2ccccc12)C(=O)O. The van der Waals surface area contributed by atoms with Gasteiger partial charge in [-0.15, -0.1) is 0 Å². The van der Waals surface area contributed by atoms with Gasteiger partial charge in [0, 0.05) is 29.9 Å². The van der Waals surface area contributed by atoms with E-state index in [1.165, 1.54) is 6.92 Å². The van der Waals surface area contributed by atoms with Gasteiger partial charge in [0.15, 0.2) is 0 Å². The number of carbonyl (C=O) groups excluding carboxylic acids is 4. The Bertz CT molecular complexity index is 1360. The van der Waals surface area contributed by atoms with Crippen molar-refractivity contribution < 1.29 is 29.1 Å². The minimum atomic E-state index is -1.24. The van der Waals surface area contributed by atoms with Gasteiger partial charge < -0.3 is 37.5 Å². The highest BCUT2D eigenvalue weighted by atomic mass is 16.4. The van der Waals surface area contributed by atoms with Crippen LogP contribution < -0.4 is 27.4 Å². The number of nitrogens with one attached hydrogen (secondary N) is 4. The van der Waals surface area contributed by atoms with Crippen LogP contribution in [-0.2, 0) is 36.8 Å². The zero-order chi connectivity index (χ0) is 29.2. The van der Waals surface area contributed by atoms with Crippen LogP contribution in [0.15, 0.2) is 60.8 Å². The molecule has 0 bridgehead atoms. The van der Waals surface area contributed by atoms with Gasteiger partial charge in [-0.3, -0.25) is 24.0 Å². The summed E-state index contributed by atoms with van der Waals surface area (Å²) < 4.78 is 0. The molecule has 0 aliphatic heterocycles. The van der Waals surface area contributed by atoms with Gasteiger partial charge in [-0.25, -0.2) is 0 Å². The van der Waals surface area contributed by atoms with Crippen LogP contribution in [0.3, 0.4) is 0 Å². The van der Waals surface area contributed by atoms with E-state index in [4.69, 9.17) is 11.5 Å². The Morgan fingerprint density at radius 2 is 1.48 bits per heavy atom. The van der Waals surface area contributed by atoms with E-state index in [1.807, 2.05) is 24.3 Å². The Hall–Kier alpha value is -4.71. The van der Waals surface area contributed by atoms with Gasteiger partial charge in [0.1, 0.15) is 18.1 Å². The molecule has 12 nitrogen and oxygen atoms in total. The van der Waals surface area contributed by atoms with E-state index in [0.29, 0.717) is 5.56 Å². The maximum absolute atomic E-state index is 13.3. The number of primary amides is 1. The van der Waals surface area contributed by atoms with Gasteiger partial charge in [-0.2, -0.15) is 0 Å². The van der Waals surface area contributed by atoms with E-state index in [0.717, 1.165) is 16.5 Å². The lowest BCUT2D eigenvalue weighted by Gasteiger charge is -2.25. The van der Waals surface area contributed by atoms with Crippen LogP contribution >= 0.6 is 0 Å². The Morgan fingerprint density at radius 1 is 0.850 bits per heavy atom. The molecule has 3 rings (SSSR count). The second-order valence-corrected chi connectivity index (χ2v) is 9.56. The number of hydrogen-bond donors (Lipinski definition) is 7. The van der Waals surface area contributed by atoms with Gasteiger partial charge in [-0.1, -0.05) is 48.5 Å². The molecule has 1 aromatic heterocycles. The number of carbonyl (C=O) groups is 5. The van der Waals surface area contributed by atoms with Crippen molar-refractivity contribution in [2.75, 3.05) is 0 Å². The third kappa shape index (κ3) is 8.40. The molecule has 0 spiro atoms. The maximum atomic E-state index is 13.3. The second kappa shape index (κ2) is 13.9. The van der Waals surface area contributed by atoms with Crippen molar-refractivity contribution >= 4 is 40.5 Å². The molecular formula is C28H34N6O6. The predicted molar refractivity (Wildman–Crippen MR) is 148 cm³/mol. The van der Waals surface area contributed by atoms with Gasteiger partial charge in [0.25, 0.3) is 0 Å². The van der Waals surface area contributed by atoms with E-state index in [1.54, 1.807) is 36.5 Å². The summed E-state index contributed by atoms with van der Waals surface area (Å²) >= 11 is 0. The lowest BCUT2D eigenvalue weighted by molar-refractivity contribution is -0.141. The summed E-state index contributed by atoms with van der Waals surface area (Å²) in [5, 5.41) is 17.6. The monoisotopic (exact) mass is 550 g/mol. The fourth-order valence-electron chi connectivity index (χ4n) is 4.17. The number of para-hydroxylation sites is 1. The molecule has 0 fully saturated rings. The van der Waals surface area contributed by atoms with Crippen LogP contribution in [0.5, 0.6) is 0 Å². The van der Waals surface area contributed by atoms with E-state index < -0.39 is 53.8 Å². The topological polar surface area (TPSA) is 209 Å². The van der Waals surface area contributed by atoms with E-state index in [-0.39, 0.29) is 25.7 Å². The summed E-state index contributed by atoms with van der Waals surface area (Å²) in [5.41, 5.74) is 13.9. The molecule has 0 saturated carbocycles. The highest BCUT2D eigenvalue weighted by Gasteiger charge is 2.30. The van der Waals surface area contributed by atoms with Crippen molar-refractivity contribution in [2.45, 2.75) is 56.8 Å². The molecule has 0 radical (unpaired) electrons. The zero-order valence-electron chi connectivity index (χ0n) is 22.1. The molecule has 9 N–H and O–H groups in total. The molecule has 0 aliphatic carbocycles. The van der Waals surface area contributed by atoms with Crippen molar-refractivity contribution in [2.24, 2.45) is 11.5 Å². The first-order valence-corrected chi connectivity index (χ1v) is 12.8. The Morgan fingerprint density at radius 3 is 2.15 bits per heavy atom. The van der Waals surface area contributed by atoms with Crippen molar-refractivity contribution in [1.29, 1.82) is 0 Å². The fraction of sp³-hybridized carbons (Fsp3) is 0.321. The molecule has 4 atom stereocenters. The van der Waals surface area contributed by atoms with Crippen molar-refractivity contribution in [3.63, 3.8) is 0 Å². The molecule has 4 unspecified atom stereocenters. The Balaban J connectivity index is 1.74. The van der Waals surface area contributed by atoms with Gasteiger partial charge >= 0.3 is 5.97 Å². The zero-order valence-corrected chi connectivity index (χ0v) is 22.1. The molecule has 0 saturated heterocycles. The van der Waals surface area contributed by atoms with Gasteiger partial charge in [0.2, 0.25) is 23.6 Å². The first-order chi connectivity index (χ1) is 19.0. The van der Waals surface area contributed by atoms with Crippen molar-refractivity contribution in [3.05, 3.63) is 71.9 Å². The van der Waals surface area contributed by atoms with Crippen LogP contribution in [0.25, 0.3) is 10.9 Å². The lowest BCUT2D eigenvalue weighted by atomic mass is 10.0. The number of carboxylic acids is 1. The average Bonchev–Trinajstić information content (AvgIpc) is 3.33. The van der Waals surface area contributed by atoms with Crippen LogP contribution in [-0.4, -0.2) is 63.9 Å². The number of fused-ring (bicyclic) bond motifs is 1. The summed E-state index contributed by atoms with van der Waals surface area (Å²) in [4.78, 5) is 65.1. The van der Waals surface area contributed by atoms with E-state index >= 15 is 0 Å². The van der Waals surface area contributed by atoms with Crippen molar-refractivity contribution in [3.8, 4) is 0 Å². The van der Waals surface area contributed by atoms with Crippen LogP contribution in [0.2, 0.25) is 0 Å². The minimum Gasteiger partial charge on any atom is -0.480 e. The lowest BCUT2D eigenvalue weighted by Crippen LogP contribution is -2.57. The Labute approximate surface area is 230 Å². The summed E-state index contributed by atoms with van der Waals surface area (Å²) in [6.07, 6.45) is 1.67. The van der Waals surface area contributed by atoms with Crippen molar-refractivity contribution in [1.82, 2.24) is 20.9 Å². The van der Waals surface area contributed by atoms with Crippen LogP contribution in [0, 0.1) is 0 Å². The third-order valence-electron chi connectivity index (χ3n) is 6.41.